The Bertz CT molecular complexity index is 1730. The Morgan fingerprint density at radius 2 is 1.70 bits per heavy atom. The first kappa shape index (κ1) is 28.8. The first-order valence-corrected chi connectivity index (χ1v) is 15.3. The lowest BCUT2D eigenvalue weighted by Gasteiger charge is -2.38. The molecule has 0 radical (unpaired) electrons. The van der Waals surface area contributed by atoms with E-state index in [1.54, 1.807) is 0 Å². The van der Waals surface area contributed by atoms with Crippen molar-refractivity contribution in [3.8, 4) is 11.6 Å². The minimum Gasteiger partial charge on any atom is -0.385 e. The molecule has 222 valence electrons. The van der Waals surface area contributed by atoms with E-state index < -0.39 is 5.60 Å². The molecule has 43 heavy (non-hydrogen) atoms. The smallest absolute Gasteiger partial charge is 0.276 e. The van der Waals surface area contributed by atoms with Crippen molar-refractivity contribution in [1.82, 2.24) is 24.6 Å². The molecule has 5 aromatic rings. The highest BCUT2D eigenvalue weighted by Gasteiger charge is 2.33. The van der Waals surface area contributed by atoms with Crippen LogP contribution in [0.2, 0.25) is 0 Å². The van der Waals surface area contributed by atoms with Gasteiger partial charge in [-0.25, -0.2) is 4.98 Å². The summed E-state index contributed by atoms with van der Waals surface area (Å²) >= 11 is 0. The third-order valence-electron chi connectivity index (χ3n) is 8.51. The fourth-order valence-corrected chi connectivity index (χ4v) is 6.18. The topological polar surface area (TPSA) is 83.5 Å². The van der Waals surface area contributed by atoms with Crippen LogP contribution in [-0.2, 0) is 18.6 Å². The lowest BCUT2D eigenvalue weighted by molar-refractivity contribution is -0.0261. The van der Waals surface area contributed by atoms with Gasteiger partial charge in [0.05, 0.1) is 17.3 Å². The average Bonchev–Trinajstić information content (AvgIpc) is 3.65. The number of likely N-dealkylation sites (tertiary alicyclic amines) is 1. The van der Waals surface area contributed by atoms with Gasteiger partial charge in [0.2, 0.25) is 0 Å². The van der Waals surface area contributed by atoms with Gasteiger partial charge in [0.25, 0.3) is 5.89 Å². The molecule has 1 aliphatic heterocycles. The molecule has 8 heteroatoms. The second kappa shape index (κ2) is 12.5. The summed E-state index contributed by atoms with van der Waals surface area (Å²) in [5.74, 6) is 1.12. The van der Waals surface area contributed by atoms with Gasteiger partial charge in [-0.05, 0) is 69.5 Å². The number of benzene rings is 2. The lowest BCUT2D eigenvalue weighted by Crippen LogP contribution is -2.43. The predicted molar refractivity (Wildman–Crippen MR) is 173 cm³/mol. The monoisotopic (exact) mass is 576 g/mol. The van der Waals surface area contributed by atoms with Crippen LogP contribution in [0.15, 0.2) is 89.9 Å². The van der Waals surface area contributed by atoms with Gasteiger partial charge in [-0.3, -0.25) is 0 Å². The molecule has 0 saturated carbocycles. The Labute approximate surface area is 253 Å². The van der Waals surface area contributed by atoms with Gasteiger partial charge in [0, 0.05) is 60.4 Å². The van der Waals surface area contributed by atoms with Crippen LogP contribution in [0, 0.1) is 0 Å². The molecule has 1 fully saturated rings. The van der Waals surface area contributed by atoms with E-state index in [1.165, 1.54) is 5.52 Å². The average molecular weight is 577 g/mol. The quantitative estimate of drug-likeness (QED) is 0.191. The summed E-state index contributed by atoms with van der Waals surface area (Å²) in [5.41, 5.74) is 4.34. The fraction of sp³-hybridized carbons (Fsp3) is 0.343. The molecule has 0 unspecified atom stereocenters. The molecule has 1 aliphatic rings. The number of nitrogens with zero attached hydrogens (tertiary/aromatic N) is 6. The van der Waals surface area contributed by atoms with E-state index in [1.807, 2.05) is 69.5 Å². The van der Waals surface area contributed by atoms with Crippen LogP contribution in [0.4, 0.5) is 5.69 Å². The zero-order chi connectivity index (χ0) is 29.8. The van der Waals surface area contributed by atoms with Gasteiger partial charge < -0.3 is 24.0 Å². The zero-order valence-corrected chi connectivity index (χ0v) is 25.3. The number of piperidine rings is 1. The summed E-state index contributed by atoms with van der Waals surface area (Å²) in [6, 6.07) is 18.8. The highest BCUT2D eigenvalue weighted by atomic mass is 16.5. The van der Waals surface area contributed by atoms with E-state index in [2.05, 4.69) is 61.2 Å². The molecule has 0 aliphatic carbocycles. The molecule has 4 heterocycles. The van der Waals surface area contributed by atoms with Crippen LogP contribution < -0.4 is 4.90 Å². The minimum absolute atomic E-state index is 0.445. The number of rotatable bonds is 10. The third kappa shape index (κ3) is 5.85. The molecular formula is C35H40N6O2. The number of aryl methyl sites for hydroxylation is 2. The molecule has 1 saturated heterocycles. The summed E-state index contributed by atoms with van der Waals surface area (Å²) < 4.78 is 7.92. The molecule has 3 aromatic heterocycles. The van der Waals surface area contributed by atoms with E-state index in [0.29, 0.717) is 23.8 Å². The summed E-state index contributed by atoms with van der Waals surface area (Å²) in [5, 5.41) is 17.6. The standard InChI is InChI=1S/C35H40N6O2/c1-4-17-40(18-5-2)27-13-14-31-28(23-27)29-24-30(34-37-33(6-3)38-43-34)36-25-32(29)41(31)20-10-19-39-21-15-35(42,16-22-39)26-11-8-7-9-12-26/h4-5,7-9,11-14,17-18,23-25,42H,6,10,15-16,19-22H2,1-3H3. The Morgan fingerprint density at radius 1 is 0.953 bits per heavy atom. The van der Waals surface area contributed by atoms with Crippen molar-refractivity contribution in [3.05, 3.63) is 96.7 Å². The van der Waals surface area contributed by atoms with Crippen molar-refractivity contribution < 1.29 is 9.63 Å². The zero-order valence-electron chi connectivity index (χ0n) is 25.3. The van der Waals surface area contributed by atoms with Crippen molar-refractivity contribution in [2.75, 3.05) is 24.5 Å². The first-order valence-electron chi connectivity index (χ1n) is 15.3. The predicted octanol–water partition coefficient (Wildman–Crippen LogP) is 7.05. The van der Waals surface area contributed by atoms with E-state index in [9.17, 15) is 5.11 Å². The SMILES string of the molecule is CC=CN(C=CC)c1ccc2c(c1)c1cc(-c3nc(CC)no3)ncc1n2CCCN1CCC(O)(c2ccccc2)CC1. The van der Waals surface area contributed by atoms with Crippen molar-refractivity contribution in [3.63, 3.8) is 0 Å². The van der Waals surface area contributed by atoms with E-state index in [4.69, 9.17) is 9.51 Å². The number of allylic oxidation sites excluding steroid dienone is 2. The van der Waals surface area contributed by atoms with Crippen LogP contribution >= 0.6 is 0 Å². The molecule has 0 amide bonds. The fourth-order valence-electron chi connectivity index (χ4n) is 6.18. The number of aliphatic hydroxyl groups is 1. The molecule has 8 nitrogen and oxygen atoms in total. The number of aromatic nitrogens is 4. The molecule has 0 bridgehead atoms. The van der Waals surface area contributed by atoms with Crippen LogP contribution in [0.5, 0.6) is 0 Å². The Hall–Kier alpha value is -4.27. The molecule has 0 spiro atoms. The molecular weight excluding hydrogens is 536 g/mol. The molecule has 0 atom stereocenters. The molecule has 2 aromatic carbocycles. The van der Waals surface area contributed by atoms with Gasteiger partial charge in [-0.15, -0.1) is 0 Å². The van der Waals surface area contributed by atoms with Crippen LogP contribution in [-0.4, -0.2) is 49.3 Å². The first-order chi connectivity index (χ1) is 21.0. The van der Waals surface area contributed by atoms with Crippen LogP contribution in [0.25, 0.3) is 33.4 Å². The summed E-state index contributed by atoms with van der Waals surface area (Å²) in [6.45, 7) is 9.69. The Morgan fingerprint density at radius 3 is 2.40 bits per heavy atom. The van der Waals surface area contributed by atoms with E-state index in [-0.39, 0.29) is 0 Å². The Balaban J connectivity index is 1.27. The van der Waals surface area contributed by atoms with Gasteiger partial charge in [-0.1, -0.05) is 54.6 Å². The van der Waals surface area contributed by atoms with Crippen molar-refractivity contribution in [2.24, 2.45) is 0 Å². The summed E-state index contributed by atoms with van der Waals surface area (Å²) in [6.07, 6.45) is 13.4. The lowest BCUT2D eigenvalue weighted by atomic mass is 9.84. The third-order valence-corrected chi connectivity index (χ3v) is 8.51. The van der Waals surface area contributed by atoms with Crippen molar-refractivity contribution in [1.29, 1.82) is 0 Å². The minimum atomic E-state index is -0.726. The maximum absolute atomic E-state index is 11.3. The highest BCUT2D eigenvalue weighted by molar-refractivity contribution is 6.09. The van der Waals surface area contributed by atoms with Gasteiger partial charge in [0.1, 0.15) is 5.69 Å². The Kier molecular flexibility index (Phi) is 8.40. The maximum atomic E-state index is 11.3. The number of anilines is 1. The second-order valence-corrected chi connectivity index (χ2v) is 11.3. The highest BCUT2D eigenvalue weighted by Crippen LogP contribution is 2.35. The number of hydrogen-bond acceptors (Lipinski definition) is 7. The summed E-state index contributed by atoms with van der Waals surface area (Å²) in [7, 11) is 0. The van der Waals surface area contributed by atoms with Gasteiger partial charge >= 0.3 is 0 Å². The largest absolute Gasteiger partial charge is 0.385 e. The van der Waals surface area contributed by atoms with Gasteiger partial charge in [-0.2, -0.15) is 4.98 Å². The van der Waals surface area contributed by atoms with E-state index in [0.717, 1.165) is 73.0 Å². The normalized spacial score (nSPS) is 15.8. The number of hydrogen-bond donors (Lipinski definition) is 1. The van der Waals surface area contributed by atoms with Crippen LogP contribution in [0.3, 0.4) is 0 Å². The van der Waals surface area contributed by atoms with E-state index >= 15 is 0 Å². The maximum Gasteiger partial charge on any atom is 0.276 e. The number of pyridine rings is 1. The molecule has 6 rings (SSSR count). The van der Waals surface area contributed by atoms with Crippen molar-refractivity contribution in [2.45, 2.75) is 58.6 Å². The summed E-state index contributed by atoms with van der Waals surface area (Å²) in [4.78, 5) is 13.9. The number of fused-ring (bicyclic) bond motifs is 3. The molecule has 1 N–H and O–H groups in total. The van der Waals surface area contributed by atoms with Crippen molar-refractivity contribution >= 4 is 27.5 Å². The second-order valence-electron chi connectivity index (χ2n) is 11.3. The van der Waals surface area contributed by atoms with Gasteiger partial charge in [0.15, 0.2) is 5.82 Å². The van der Waals surface area contributed by atoms with Crippen LogP contribution in [0.1, 0.15) is 51.4 Å².